The number of hydrogen-bond acceptors (Lipinski definition) is 2. The summed E-state index contributed by atoms with van der Waals surface area (Å²) in [5.74, 6) is 0.927. The van der Waals surface area contributed by atoms with Gasteiger partial charge in [-0.25, -0.2) is 0 Å². The molecule has 0 aliphatic carbocycles. The Balaban J connectivity index is 0.000000241. The Morgan fingerprint density at radius 2 is 1.84 bits per heavy atom. The minimum absolute atomic E-state index is 0.352. The molecule has 1 unspecified atom stereocenters. The summed E-state index contributed by atoms with van der Waals surface area (Å²) in [5.41, 5.74) is 1.44. The van der Waals surface area contributed by atoms with E-state index < -0.39 is 11.7 Å². The summed E-state index contributed by atoms with van der Waals surface area (Å²) < 4.78 is 36.7. The number of nitriles is 1. The molecule has 1 saturated heterocycles. The maximum atomic E-state index is 12.2. The molecule has 2 nitrogen and oxygen atoms in total. The van der Waals surface area contributed by atoms with Crippen molar-refractivity contribution in [1.29, 1.82) is 5.26 Å². The standard InChI is InChI=1S/C9H9F3.C9H19N.C8H6ClN/c1-2-7-5-3-4-6-8(7)9(10,11)12;1-8(2)10-6-4-5-9(3)7-10;1-6-2-3-7(5-10)8(9)4-6/h3-6H,2H2,1H3;8-9H,4-7H2,1-3H3;2-4H,1H3. The van der Waals surface area contributed by atoms with Crippen LogP contribution in [0.1, 0.15) is 62.8 Å². The Morgan fingerprint density at radius 3 is 2.28 bits per heavy atom. The number of benzene rings is 2. The van der Waals surface area contributed by atoms with E-state index in [2.05, 4.69) is 25.7 Å². The van der Waals surface area contributed by atoms with Gasteiger partial charge in [-0.1, -0.05) is 49.7 Å². The number of likely N-dealkylation sites (tertiary alicyclic amines) is 1. The Bertz CT molecular complexity index is 872. The fourth-order valence-electron chi connectivity index (χ4n) is 3.51. The minimum Gasteiger partial charge on any atom is -0.301 e. The molecular formula is C26H34ClF3N2. The summed E-state index contributed by atoms with van der Waals surface area (Å²) in [6, 6.07) is 13.7. The lowest BCUT2D eigenvalue weighted by molar-refractivity contribution is -0.138. The number of aryl methyl sites for hydroxylation is 2. The van der Waals surface area contributed by atoms with E-state index >= 15 is 0 Å². The highest BCUT2D eigenvalue weighted by Gasteiger charge is 2.32. The predicted molar refractivity (Wildman–Crippen MR) is 127 cm³/mol. The second-order valence-corrected chi connectivity index (χ2v) is 8.85. The number of rotatable bonds is 2. The molecule has 0 N–H and O–H groups in total. The monoisotopic (exact) mass is 466 g/mol. The van der Waals surface area contributed by atoms with Crippen LogP contribution in [0.4, 0.5) is 13.2 Å². The molecule has 0 bridgehead atoms. The molecule has 2 aromatic rings. The zero-order valence-electron chi connectivity index (χ0n) is 19.6. The Morgan fingerprint density at radius 1 is 1.19 bits per heavy atom. The summed E-state index contributed by atoms with van der Waals surface area (Å²) in [5, 5.41) is 9.00. The second-order valence-electron chi connectivity index (χ2n) is 8.44. The SMILES string of the molecule is CC1CCCN(C(C)C)C1.CCc1ccccc1C(F)(F)F.Cc1ccc(C#N)c(Cl)c1. The lowest BCUT2D eigenvalue weighted by Gasteiger charge is -2.33. The van der Waals surface area contributed by atoms with Crippen molar-refractivity contribution in [2.45, 2.75) is 66.1 Å². The van der Waals surface area contributed by atoms with Crippen LogP contribution in [-0.2, 0) is 12.6 Å². The predicted octanol–water partition coefficient (Wildman–Crippen LogP) is 7.91. The molecule has 0 amide bonds. The van der Waals surface area contributed by atoms with Crippen LogP contribution in [0.5, 0.6) is 0 Å². The second kappa shape index (κ2) is 13.5. The summed E-state index contributed by atoms with van der Waals surface area (Å²) in [6.07, 6.45) is -0.967. The first-order valence-corrected chi connectivity index (χ1v) is 11.4. The van der Waals surface area contributed by atoms with E-state index in [1.165, 1.54) is 38.1 Å². The molecule has 1 fully saturated rings. The van der Waals surface area contributed by atoms with Crippen molar-refractivity contribution in [3.8, 4) is 6.07 Å². The van der Waals surface area contributed by atoms with Crippen molar-refractivity contribution >= 4 is 11.6 Å². The van der Waals surface area contributed by atoms with Crippen LogP contribution < -0.4 is 0 Å². The van der Waals surface area contributed by atoms with Gasteiger partial charge in [0.1, 0.15) is 6.07 Å². The van der Waals surface area contributed by atoms with Gasteiger partial charge in [0, 0.05) is 12.6 Å². The summed E-state index contributed by atoms with van der Waals surface area (Å²) >= 11 is 5.71. The van der Waals surface area contributed by atoms with Crippen LogP contribution in [0.2, 0.25) is 5.02 Å². The van der Waals surface area contributed by atoms with Gasteiger partial charge in [0.25, 0.3) is 0 Å². The molecule has 1 aliphatic heterocycles. The summed E-state index contributed by atoms with van der Waals surface area (Å²) in [4.78, 5) is 2.58. The Labute approximate surface area is 196 Å². The fraction of sp³-hybridized carbons (Fsp3) is 0.500. The van der Waals surface area contributed by atoms with Gasteiger partial charge in [0.15, 0.2) is 0 Å². The average Bonchev–Trinajstić information content (AvgIpc) is 2.74. The van der Waals surface area contributed by atoms with E-state index in [-0.39, 0.29) is 0 Å². The Hall–Kier alpha value is -2.03. The normalized spacial score (nSPS) is 16.3. The summed E-state index contributed by atoms with van der Waals surface area (Å²) in [7, 11) is 0. The number of nitrogens with zero attached hydrogens (tertiary/aromatic N) is 2. The topological polar surface area (TPSA) is 27.0 Å². The lowest BCUT2D eigenvalue weighted by Crippen LogP contribution is -2.38. The molecule has 6 heteroatoms. The fourth-order valence-corrected chi connectivity index (χ4v) is 3.79. The molecule has 1 aliphatic rings. The van der Waals surface area contributed by atoms with Crippen molar-refractivity contribution in [3.63, 3.8) is 0 Å². The van der Waals surface area contributed by atoms with Gasteiger partial charge in [-0.2, -0.15) is 18.4 Å². The molecule has 176 valence electrons. The molecule has 0 saturated carbocycles. The van der Waals surface area contributed by atoms with Gasteiger partial charge in [-0.3, -0.25) is 0 Å². The van der Waals surface area contributed by atoms with Crippen LogP contribution in [-0.4, -0.2) is 24.0 Å². The van der Waals surface area contributed by atoms with Gasteiger partial charge in [-0.15, -0.1) is 0 Å². The van der Waals surface area contributed by atoms with Crippen molar-refractivity contribution in [3.05, 3.63) is 69.7 Å². The third-order valence-electron chi connectivity index (χ3n) is 5.37. The third kappa shape index (κ3) is 9.63. The van der Waals surface area contributed by atoms with E-state index in [0.717, 1.165) is 23.6 Å². The van der Waals surface area contributed by atoms with Crippen LogP contribution >= 0.6 is 11.6 Å². The van der Waals surface area contributed by atoms with Gasteiger partial charge in [0.05, 0.1) is 16.1 Å². The van der Waals surface area contributed by atoms with Gasteiger partial charge in [-0.05, 0) is 81.8 Å². The van der Waals surface area contributed by atoms with E-state index in [1.807, 2.05) is 19.1 Å². The number of hydrogen-bond donors (Lipinski definition) is 0. The van der Waals surface area contributed by atoms with Crippen LogP contribution in [0, 0.1) is 24.2 Å². The van der Waals surface area contributed by atoms with Crippen molar-refractivity contribution in [1.82, 2.24) is 4.90 Å². The highest BCUT2D eigenvalue weighted by atomic mass is 35.5. The van der Waals surface area contributed by atoms with Crippen LogP contribution in [0.3, 0.4) is 0 Å². The molecule has 0 spiro atoms. The first kappa shape index (κ1) is 28.0. The van der Waals surface area contributed by atoms with Crippen LogP contribution in [0.25, 0.3) is 0 Å². The van der Waals surface area contributed by atoms with Gasteiger partial charge < -0.3 is 4.90 Å². The molecule has 0 radical (unpaired) electrons. The highest BCUT2D eigenvalue weighted by molar-refractivity contribution is 6.31. The molecule has 32 heavy (non-hydrogen) atoms. The quantitative estimate of drug-likeness (QED) is 0.449. The maximum absolute atomic E-state index is 12.2. The van der Waals surface area contributed by atoms with E-state index in [4.69, 9.17) is 16.9 Å². The Kier molecular flexibility index (Phi) is 11.8. The first-order chi connectivity index (χ1) is 15.0. The maximum Gasteiger partial charge on any atom is 0.416 e. The molecular weight excluding hydrogens is 433 g/mol. The van der Waals surface area contributed by atoms with E-state index in [9.17, 15) is 13.2 Å². The number of alkyl halides is 3. The highest BCUT2D eigenvalue weighted by Crippen LogP contribution is 2.31. The van der Waals surface area contributed by atoms with Gasteiger partial charge >= 0.3 is 6.18 Å². The number of halogens is 4. The zero-order chi connectivity index (χ0) is 24.3. The molecule has 1 atom stereocenters. The number of piperidine rings is 1. The van der Waals surface area contributed by atoms with Gasteiger partial charge in [0.2, 0.25) is 0 Å². The van der Waals surface area contributed by atoms with Crippen molar-refractivity contribution < 1.29 is 13.2 Å². The zero-order valence-corrected chi connectivity index (χ0v) is 20.4. The molecule has 2 aromatic carbocycles. The lowest BCUT2D eigenvalue weighted by atomic mass is 9.99. The van der Waals surface area contributed by atoms with Crippen molar-refractivity contribution in [2.75, 3.05) is 13.1 Å². The largest absolute Gasteiger partial charge is 0.416 e. The van der Waals surface area contributed by atoms with Crippen LogP contribution in [0.15, 0.2) is 42.5 Å². The van der Waals surface area contributed by atoms with E-state index in [1.54, 1.807) is 25.1 Å². The van der Waals surface area contributed by atoms with E-state index in [0.29, 0.717) is 22.6 Å². The molecule has 1 heterocycles. The smallest absolute Gasteiger partial charge is 0.301 e. The summed E-state index contributed by atoms with van der Waals surface area (Å²) in [6.45, 7) is 13.2. The molecule has 0 aromatic heterocycles. The average molecular weight is 467 g/mol. The first-order valence-electron chi connectivity index (χ1n) is 11.0. The molecule has 3 rings (SSSR count). The van der Waals surface area contributed by atoms with Crippen molar-refractivity contribution in [2.24, 2.45) is 5.92 Å². The minimum atomic E-state index is -4.22. The third-order valence-corrected chi connectivity index (χ3v) is 5.68.